The van der Waals surface area contributed by atoms with Gasteiger partial charge in [-0.05, 0) is 24.3 Å². The Hall–Kier alpha value is -2.58. The Morgan fingerprint density at radius 2 is 2.21 bits per heavy atom. The van der Waals surface area contributed by atoms with E-state index in [4.69, 9.17) is 22.6 Å². The maximum atomic E-state index is 12.0. The minimum Gasteiger partial charge on any atom is -0.398 e. The number of carbonyl (C=O) groups excluding carboxylic acids is 1. The average Bonchev–Trinajstić information content (AvgIpc) is 2.39. The van der Waals surface area contributed by atoms with E-state index in [1.54, 1.807) is 6.07 Å². The number of pyridine rings is 1. The summed E-state index contributed by atoms with van der Waals surface area (Å²) in [6.07, 6.45) is 2.85. The lowest BCUT2D eigenvalue weighted by molar-refractivity contribution is 0.102. The molecule has 0 spiro atoms. The number of nitrogens with zero attached hydrogens (tertiary/aromatic N) is 2. The number of hydrogen-bond acceptors (Lipinski definition) is 4. The number of rotatable bonds is 2. The zero-order valence-electron chi connectivity index (χ0n) is 9.72. The molecule has 1 heterocycles. The van der Waals surface area contributed by atoms with Crippen LogP contribution in [0.2, 0.25) is 5.02 Å². The third-order valence-electron chi connectivity index (χ3n) is 2.45. The van der Waals surface area contributed by atoms with E-state index in [9.17, 15) is 4.79 Å². The lowest BCUT2D eigenvalue weighted by Crippen LogP contribution is -2.15. The number of nitrogens with one attached hydrogen (secondary N) is 1. The van der Waals surface area contributed by atoms with Crippen molar-refractivity contribution >= 4 is 28.9 Å². The maximum Gasteiger partial charge on any atom is 0.259 e. The van der Waals surface area contributed by atoms with Gasteiger partial charge in [0.25, 0.3) is 5.91 Å². The second-order valence-corrected chi connectivity index (χ2v) is 4.16. The first-order chi connectivity index (χ1) is 9.11. The van der Waals surface area contributed by atoms with Gasteiger partial charge in [0.15, 0.2) is 0 Å². The summed E-state index contributed by atoms with van der Waals surface area (Å²) >= 11 is 5.84. The zero-order chi connectivity index (χ0) is 13.8. The van der Waals surface area contributed by atoms with Gasteiger partial charge >= 0.3 is 0 Å². The van der Waals surface area contributed by atoms with Crippen molar-refractivity contribution in [2.24, 2.45) is 0 Å². The number of halogens is 1. The van der Waals surface area contributed by atoms with E-state index in [1.807, 2.05) is 6.07 Å². The molecule has 1 aromatic carbocycles. The summed E-state index contributed by atoms with van der Waals surface area (Å²) < 4.78 is 0. The van der Waals surface area contributed by atoms with Crippen molar-refractivity contribution in [2.75, 3.05) is 11.1 Å². The van der Waals surface area contributed by atoms with Gasteiger partial charge in [-0.2, -0.15) is 5.26 Å². The topological polar surface area (TPSA) is 91.8 Å². The highest BCUT2D eigenvalue weighted by Crippen LogP contribution is 2.21. The van der Waals surface area contributed by atoms with Gasteiger partial charge in [-0.3, -0.25) is 9.78 Å². The largest absolute Gasteiger partial charge is 0.398 e. The van der Waals surface area contributed by atoms with Gasteiger partial charge in [-0.25, -0.2) is 0 Å². The van der Waals surface area contributed by atoms with E-state index in [2.05, 4.69) is 10.3 Å². The van der Waals surface area contributed by atoms with Crippen LogP contribution in [0.25, 0.3) is 0 Å². The molecule has 2 aromatic rings. The number of anilines is 2. The van der Waals surface area contributed by atoms with Crippen molar-refractivity contribution in [3.63, 3.8) is 0 Å². The van der Waals surface area contributed by atoms with Crippen molar-refractivity contribution < 1.29 is 4.79 Å². The average molecular weight is 273 g/mol. The van der Waals surface area contributed by atoms with E-state index >= 15 is 0 Å². The highest BCUT2D eigenvalue weighted by atomic mass is 35.5. The third-order valence-corrected chi connectivity index (χ3v) is 2.68. The number of aromatic nitrogens is 1. The van der Waals surface area contributed by atoms with E-state index < -0.39 is 5.91 Å². The van der Waals surface area contributed by atoms with E-state index in [0.29, 0.717) is 22.0 Å². The molecule has 0 bridgehead atoms. The molecule has 0 saturated carbocycles. The second-order valence-electron chi connectivity index (χ2n) is 3.72. The summed E-state index contributed by atoms with van der Waals surface area (Å²) in [6.45, 7) is 0. The second kappa shape index (κ2) is 5.38. The van der Waals surface area contributed by atoms with Crippen LogP contribution in [-0.4, -0.2) is 10.9 Å². The fourth-order valence-corrected chi connectivity index (χ4v) is 1.67. The van der Waals surface area contributed by atoms with E-state index in [1.165, 1.54) is 30.6 Å². The van der Waals surface area contributed by atoms with Crippen molar-refractivity contribution in [3.05, 3.63) is 52.8 Å². The van der Waals surface area contributed by atoms with Crippen LogP contribution in [0.15, 0.2) is 36.7 Å². The van der Waals surface area contributed by atoms with Gasteiger partial charge in [0.1, 0.15) is 6.07 Å². The molecule has 1 aromatic heterocycles. The van der Waals surface area contributed by atoms with E-state index in [0.717, 1.165) is 0 Å². The summed E-state index contributed by atoms with van der Waals surface area (Å²) in [4.78, 5) is 15.9. The SMILES string of the molecule is N#Cc1ccc(Cl)cc1NC(=O)c1cnccc1N. The number of carbonyl (C=O) groups is 1. The minimum absolute atomic E-state index is 0.242. The molecule has 6 heteroatoms. The van der Waals surface area contributed by atoms with Gasteiger partial charge < -0.3 is 11.1 Å². The fraction of sp³-hybridized carbons (Fsp3) is 0. The number of nitrogen functional groups attached to an aromatic ring is 1. The Morgan fingerprint density at radius 3 is 2.89 bits per heavy atom. The van der Waals surface area contributed by atoms with Crippen molar-refractivity contribution in [2.45, 2.75) is 0 Å². The van der Waals surface area contributed by atoms with Gasteiger partial charge in [-0.15, -0.1) is 0 Å². The van der Waals surface area contributed by atoms with E-state index in [-0.39, 0.29) is 5.56 Å². The number of amides is 1. The first-order valence-electron chi connectivity index (χ1n) is 5.32. The van der Waals surface area contributed by atoms with Crippen molar-refractivity contribution in [3.8, 4) is 6.07 Å². The molecular formula is C13H9ClN4O. The summed E-state index contributed by atoms with van der Waals surface area (Å²) in [5.41, 5.74) is 6.89. The number of nitrogens with two attached hydrogens (primary N) is 1. The van der Waals surface area contributed by atoms with Crippen LogP contribution in [0.5, 0.6) is 0 Å². The normalized spacial score (nSPS) is 9.68. The number of hydrogen-bond donors (Lipinski definition) is 2. The zero-order valence-corrected chi connectivity index (χ0v) is 10.5. The highest BCUT2D eigenvalue weighted by Gasteiger charge is 2.12. The molecule has 1 amide bonds. The Balaban J connectivity index is 2.32. The van der Waals surface area contributed by atoms with Crippen LogP contribution in [0.4, 0.5) is 11.4 Å². The van der Waals surface area contributed by atoms with Gasteiger partial charge in [0.2, 0.25) is 0 Å². The third kappa shape index (κ3) is 2.81. The maximum absolute atomic E-state index is 12.0. The predicted octanol–water partition coefficient (Wildman–Crippen LogP) is 2.44. The number of nitriles is 1. The predicted molar refractivity (Wildman–Crippen MR) is 72.8 cm³/mol. The molecule has 0 aliphatic carbocycles. The van der Waals surface area contributed by atoms with Crippen LogP contribution in [0, 0.1) is 11.3 Å². The lowest BCUT2D eigenvalue weighted by Gasteiger charge is -2.08. The first kappa shape index (κ1) is 12.9. The molecule has 0 fully saturated rings. The quantitative estimate of drug-likeness (QED) is 0.878. The van der Waals surface area contributed by atoms with Crippen LogP contribution in [-0.2, 0) is 0 Å². The summed E-state index contributed by atoms with van der Waals surface area (Å²) in [6, 6.07) is 8.11. The molecule has 0 aliphatic rings. The molecular weight excluding hydrogens is 264 g/mol. The molecule has 0 radical (unpaired) electrons. The van der Waals surface area contributed by atoms with Crippen molar-refractivity contribution in [1.29, 1.82) is 5.26 Å². The standard InChI is InChI=1S/C13H9ClN4O/c14-9-2-1-8(6-15)12(5-9)18-13(19)10-7-17-4-3-11(10)16/h1-5,7H,(H2,16,17)(H,18,19). The molecule has 19 heavy (non-hydrogen) atoms. The highest BCUT2D eigenvalue weighted by molar-refractivity contribution is 6.31. The molecule has 0 aliphatic heterocycles. The summed E-state index contributed by atoms with van der Waals surface area (Å²) in [7, 11) is 0. The fourth-order valence-electron chi connectivity index (χ4n) is 1.50. The molecule has 3 N–H and O–H groups in total. The van der Waals surface area contributed by atoms with Gasteiger partial charge in [0, 0.05) is 23.1 Å². The first-order valence-corrected chi connectivity index (χ1v) is 5.70. The number of benzene rings is 1. The van der Waals surface area contributed by atoms with Crippen LogP contribution in [0.3, 0.4) is 0 Å². The molecule has 2 rings (SSSR count). The minimum atomic E-state index is -0.440. The molecule has 5 nitrogen and oxygen atoms in total. The summed E-state index contributed by atoms with van der Waals surface area (Å²) in [5, 5.41) is 12.0. The Kier molecular flexibility index (Phi) is 3.64. The summed E-state index contributed by atoms with van der Waals surface area (Å²) in [5.74, 6) is -0.440. The monoisotopic (exact) mass is 272 g/mol. The van der Waals surface area contributed by atoms with Gasteiger partial charge in [-0.1, -0.05) is 11.6 Å². The Morgan fingerprint density at radius 1 is 1.42 bits per heavy atom. The van der Waals surface area contributed by atoms with Gasteiger partial charge in [0.05, 0.1) is 16.8 Å². The molecule has 0 unspecified atom stereocenters. The molecule has 0 atom stereocenters. The molecule has 94 valence electrons. The lowest BCUT2D eigenvalue weighted by atomic mass is 10.1. The van der Waals surface area contributed by atoms with Crippen molar-refractivity contribution in [1.82, 2.24) is 4.98 Å². The molecule has 0 saturated heterocycles. The Bertz CT molecular complexity index is 679. The van der Waals surface area contributed by atoms with Crippen LogP contribution < -0.4 is 11.1 Å². The smallest absolute Gasteiger partial charge is 0.259 e. The Labute approximate surface area is 114 Å². The van der Waals surface area contributed by atoms with Crippen LogP contribution in [0.1, 0.15) is 15.9 Å². The van der Waals surface area contributed by atoms with Crippen LogP contribution >= 0.6 is 11.6 Å².